The van der Waals surface area contributed by atoms with Crippen molar-refractivity contribution in [2.24, 2.45) is 0 Å². The van der Waals surface area contributed by atoms with Crippen LogP contribution in [0, 0.1) is 0 Å². The Morgan fingerprint density at radius 3 is 2.90 bits per heavy atom. The number of aliphatic hydroxyl groups excluding tert-OH is 1. The fourth-order valence-corrected chi connectivity index (χ4v) is 2.53. The first kappa shape index (κ1) is 13.6. The molecule has 2 N–H and O–H groups in total. The summed E-state index contributed by atoms with van der Waals surface area (Å²) in [6, 6.07) is 11.9. The van der Waals surface area contributed by atoms with Crippen LogP contribution in [0.1, 0.15) is 15.9 Å². The van der Waals surface area contributed by atoms with Gasteiger partial charge in [-0.25, -0.2) is 4.98 Å². The van der Waals surface area contributed by atoms with Crippen LogP contribution in [0.15, 0.2) is 42.6 Å². The highest BCUT2D eigenvalue weighted by atomic mass is 16.3. The molecule has 5 nitrogen and oxygen atoms in total. The third kappa shape index (κ3) is 2.73. The van der Waals surface area contributed by atoms with Gasteiger partial charge in [0.15, 0.2) is 0 Å². The van der Waals surface area contributed by atoms with Crippen LogP contribution in [0.4, 0.5) is 11.5 Å². The molecule has 0 saturated heterocycles. The molecule has 2 aromatic rings. The molecule has 1 aliphatic rings. The van der Waals surface area contributed by atoms with Crippen LogP contribution in [-0.2, 0) is 6.42 Å². The molecular formula is C16H17N3O2. The van der Waals surface area contributed by atoms with Crippen LogP contribution in [0.5, 0.6) is 0 Å². The van der Waals surface area contributed by atoms with Crippen LogP contribution in [-0.4, -0.2) is 35.7 Å². The molecule has 1 aromatic heterocycles. The molecule has 0 radical (unpaired) electrons. The summed E-state index contributed by atoms with van der Waals surface area (Å²) in [5.74, 6) is 0.628. The summed E-state index contributed by atoms with van der Waals surface area (Å²) in [7, 11) is 0. The van der Waals surface area contributed by atoms with E-state index in [2.05, 4.69) is 27.3 Å². The summed E-state index contributed by atoms with van der Waals surface area (Å²) in [6.07, 6.45) is 2.58. The van der Waals surface area contributed by atoms with Gasteiger partial charge in [-0.05, 0) is 30.2 Å². The molecule has 5 heteroatoms. The Morgan fingerprint density at radius 2 is 2.14 bits per heavy atom. The number of nitrogens with zero attached hydrogens (tertiary/aromatic N) is 2. The number of aliphatic hydroxyl groups is 1. The second-order valence-corrected chi connectivity index (χ2v) is 4.91. The lowest BCUT2D eigenvalue weighted by Gasteiger charge is -2.18. The lowest BCUT2D eigenvalue weighted by atomic mass is 10.2. The molecule has 108 valence electrons. The first-order valence-electron chi connectivity index (χ1n) is 7.00. The number of nitrogens with one attached hydrogen (secondary N) is 1. The minimum atomic E-state index is -0.218. The number of fused-ring (bicyclic) bond motifs is 1. The van der Waals surface area contributed by atoms with Crippen LogP contribution in [0.2, 0.25) is 0 Å². The van der Waals surface area contributed by atoms with Crippen molar-refractivity contribution in [1.29, 1.82) is 0 Å². The number of benzene rings is 1. The van der Waals surface area contributed by atoms with Gasteiger partial charge in [0.25, 0.3) is 5.91 Å². The number of hydrogen-bond acceptors (Lipinski definition) is 4. The molecule has 0 atom stereocenters. The molecule has 0 fully saturated rings. The molecule has 2 heterocycles. The Hall–Kier alpha value is -2.40. The molecule has 1 aliphatic heterocycles. The van der Waals surface area contributed by atoms with Gasteiger partial charge in [-0.1, -0.05) is 18.2 Å². The molecule has 1 amide bonds. The number of carbonyl (C=O) groups is 1. The van der Waals surface area contributed by atoms with Crippen LogP contribution < -0.4 is 10.2 Å². The maximum Gasteiger partial charge on any atom is 0.252 e. The van der Waals surface area contributed by atoms with Crippen LogP contribution in [0.25, 0.3) is 0 Å². The number of aromatic nitrogens is 1. The van der Waals surface area contributed by atoms with Crippen molar-refractivity contribution < 1.29 is 9.90 Å². The minimum absolute atomic E-state index is 0.0676. The van der Waals surface area contributed by atoms with Crippen molar-refractivity contribution >= 4 is 17.4 Å². The van der Waals surface area contributed by atoms with Gasteiger partial charge in [0.1, 0.15) is 5.82 Å². The number of para-hydroxylation sites is 1. The number of anilines is 2. The normalized spacial score (nSPS) is 13.1. The average Bonchev–Trinajstić information content (AvgIpc) is 2.97. The summed E-state index contributed by atoms with van der Waals surface area (Å²) in [5, 5.41) is 11.3. The van der Waals surface area contributed by atoms with Gasteiger partial charge in [0.05, 0.1) is 12.2 Å². The van der Waals surface area contributed by atoms with E-state index in [1.807, 2.05) is 18.2 Å². The van der Waals surface area contributed by atoms with Gasteiger partial charge in [-0.3, -0.25) is 4.79 Å². The van der Waals surface area contributed by atoms with Gasteiger partial charge in [0, 0.05) is 25.0 Å². The van der Waals surface area contributed by atoms with Gasteiger partial charge in [-0.2, -0.15) is 0 Å². The van der Waals surface area contributed by atoms with Crippen molar-refractivity contribution in [3.8, 4) is 0 Å². The molecule has 0 unspecified atom stereocenters. The lowest BCUT2D eigenvalue weighted by Crippen LogP contribution is -2.26. The SMILES string of the molecule is O=C(NCCO)c1ccc(N2CCc3ccccc32)nc1. The predicted octanol–water partition coefficient (Wildman–Crippen LogP) is 1.50. The number of amides is 1. The van der Waals surface area contributed by atoms with Gasteiger partial charge >= 0.3 is 0 Å². The summed E-state index contributed by atoms with van der Waals surface area (Å²) in [6.45, 7) is 1.09. The molecule has 0 saturated carbocycles. The van der Waals surface area contributed by atoms with Crippen molar-refractivity contribution in [3.05, 3.63) is 53.7 Å². The van der Waals surface area contributed by atoms with Crippen molar-refractivity contribution in [1.82, 2.24) is 10.3 Å². The second-order valence-electron chi connectivity index (χ2n) is 4.91. The fourth-order valence-electron chi connectivity index (χ4n) is 2.53. The Balaban J connectivity index is 1.78. The zero-order chi connectivity index (χ0) is 14.7. The quantitative estimate of drug-likeness (QED) is 0.892. The lowest BCUT2D eigenvalue weighted by molar-refractivity contribution is 0.0944. The van der Waals surface area contributed by atoms with E-state index >= 15 is 0 Å². The van der Waals surface area contributed by atoms with Crippen molar-refractivity contribution in [2.75, 3.05) is 24.6 Å². The van der Waals surface area contributed by atoms with Crippen LogP contribution >= 0.6 is 0 Å². The van der Waals surface area contributed by atoms with Crippen molar-refractivity contribution in [2.45, 2.75) is 6.42 Å². The van der Waals surface area contributed by atoms with Gasteiger partial charge < -0.3 is 15.3 Å². The standard InChI is InChI=1S/C16H17N3O2/c20-10-8-17-16(21)13-5-6-15(18-11-13)19-9-7-12-3-1-2-4-14(12)19/h1-6,11,20H,7-10H2,(H,17,21). The first-order valence-corrected chi connectivity index (χ1v) is 7.00. The Morgan fingerprint density at radius 1 is 1.29 bits per heavy atom. The van der Waals surface area contributed by atoms with Gasteiger partial charge in [-0.15, -0.1) is 0 Å². The second kappa shape index (κ2) is 5.93. The molecule has 0 spiro atoms. The van der Waals surface area contributed by atoms with E-state index in [9.17, 15) is 4.79 Å². The molecule has 21 heavy (non-hydrogen) atoms. The van der Waals surface area contributed by atoms with Crippen molar-refractivity contribution in [3.63, 3.8) is 0 Å². The Labute approximate surface area is 123 Å². The summed E-state index contributed by atoms with van der Waals surface area (Å²) >= 11 is 0. The summed E-state index contributed by atoms with van der Waals surface area (Å²) in [5.41, 5.74) is 3.01. The van der Waals surface area contributed by atoms with E-state index in [0.29, 0.717) is 5.56 Å². The largest absolute Gasteiger partial charge is 0.395 e. The smallest absolute Gasteiger partial charge is 0.252 e. The fraction of sp³-hybridized carbons (Fsp3) is 0.250. The van der Waals surface area contributed by atoms with E-state index in [4.69, 9.17) is 5.11 Å². The highest BCUT2D eigenvalue weighted by molar-refractivity contribution is 5.94. The summed E-state index contributed by atoms with van der Waals surface area (Å²) < 4.78 is 0. The third-order valence-corrected chi connectivity index (χ3v) is 3.57. The maximum atomic E-state index is 11.8. The van der Waals surface area contributed by atoms with E-state index < -0.39 is 0 Å². The van der Waals surface area contributed by atoms with E-state index in [-0.39, 0.29) is 19.1 Å². The first-order chi connectivity index (χ1) is 10.3. The average molecular weight is 283 g/mol. The molecule has 0 bridgehead atoms. The zero-order valence-electron chi connectivity index (χ0n) is 11.6. The zero-order valence-corrected chi connectivity index (χ0v) is 11.6. The Bertz CT molecular complexity index is 640. The number of hydrogen-bond donors (Lipinski definition) is 2. The van der Waals surface area contributed by atoms with Crippen LogP contribution in [0.3, 0.4) is 0 Å². The maximum absolute atomic E-state index is 11.8. The minimum Gasteiger partial charge on any atom is -0.395 e. The molecule has 3 rings (SSSR count). The number of rotatable bonds is 4. The molecule has 1 aromatic carbocycles. The third-order valence-electron chi connectivity index (χ3n) is 3.57. The van der Waals surface area contributed by atoms with E-state index in [1.165, 1.54) is 11.3 Å². The summed E-state index contributed by atoms with van der Waals surface area (Å²) in [4.78, 5) is 18.3. The van der Waals surface area contributed by atoms with E-state index in [1.54, 1.807) is 12.3 Å². The number of carbonyl (C=O) groups excluding carboxylic acids is 1. The highest BCUT2D eigenvalue weighted by Gasteiger charge is 2.20. The molecular weight excluding hydrogens is 266 g/mol. The molecule has 0 aliphatic carbocycles. The topological polar surface area (TPSA) is 65.5 Å². The monoisotopic (exact) mass is 283 g/mol. The predicted molar refractivity (Wildman–Crippen MR) is 80.8 cm³/mol. The number of pyridine rings is 1. The highest BCUT2D eigenvalue weighted by Crippen LogP contribution is 2.32. The van der Waals surface area contributed by atoms with Gasteiger partial charge in [0.2, 0.25) is 0 Å². The Kier molecular flexibility index (Phi) is 3.83. The van der Waals surface area contributed by atoms with E-state index in [0.717, 1.165) is 18.8 Å².